The van der Waals surface area contributed by atoms with Crippen LogP contribution >= 0.6 is 0 Å². The normalized spacial score (nSPS) is 22.3. The fraction of sp³-hybridized carbons (Fsp3) is 1.00. The van der Waals surface area contributed by atoms with Gasteiger partial charge in [-0.1, -0.05) is 13.8 Å². The van der Waals surface area contributed by atoms with Crippen molar-refractivity contribution in [3.8, 4) is 0 Å². The first kappa shape index (κ1) is 13.9. The van der Waals surface area contributed by atoms with Crippen molar-refractivity contribution in [2.75, 3.05) is 26.3 Å². The van der Waals surface area contributed by atoms with Crippen LogP contribution in [0.2, 0.25) is 0 Å². The van der Waals surface area contributed by atoms with Crippen LogP contribution in [0.25, 0.3) is 0 Å². The molecule has 1 unspecified atom stereocenters. The first-order valence-corrected chi connectivity index (χ1v) is 6.50. The zero-order chi connectivity index (χ0) is 12.0. The quantitative estimate of drug-likeness (QED) is 0.730. The van der Waals surface area contributed by atoms with Crippen molar-refractivity contribution in [2.24, 2.45) is 11.8 Å². The second kappa shape index (κ2) is 6.58. The Bertz CT molecular complexity index is 186. The molecule has 0 aliphatic carbocycles. The van der Waals surface area contributed by atoms with E-state index in [0.717, 1.165) is 44.9 Å². The highest BCUT2D eigenvalue weighted by Gasteiger charge is 2.22. The molecular formula is C13H27NO2. The molecule has 1 rings (SSSR count). The lowest BCUT2D eigenvalue weighted by molar-refractivity contribution is 0.0330. The SMILES string of the molecule is CC(C)CC(C)(O)CNCC1CCOCC1. The third-order valence-corrected chi connectivity index (χ3v) is 3.13. The maximum absolute atomic E-state index is 10.1. The summed E-state index contributed by atoms with van der Waals surface area (Å²) in [5, 5.41) is 13.5. The topological polar surface area (TPSA) is 41.5 Å². The Kier molecular flexibility index (Phi) is 5.73. The van der Waals surface area contributed by atoms with E-state index < -0.39 is 5.60 Å². The van der Waals surface area contributed by atoms with Gasteiger partial charge in [0.25, 0.3) is 0 Å². The van der Waals surface area contributed by atoms with Crippen LogP contribution in [0.15, 0.2) is 0 Å². The maximum Gasteiger partial charge on any atom is 0.0746 e. The minimum absolute atomic E-state index is 0.542. The zero-order valence-corrected chi connectivity index (χ0v) is 11.0. The maximum atomic E-state index is 10.1. The molecule has 1 aliphatic heterocycles. The largest absolute Gasteiger partial charge is 0.389 e. The van der Waals surface area contributed by atoms with Crippen LogP contribution in [0.1, 0.15) is 40.0 Å². The summed E-state index contributed by atoms with van der Waals surface area (Å²) in [5.41, 5.74) is -0.570. The van der Waals surface area contributed by atoms with E-state index in [-0.39, 0.29) is 0 Å². The van der Waals surface area contributed by atoms with E-state index in [1.54, 1.807) is 0 Å². The van der Waals surface area contributed by atoms with Gasteiger partial charge in [-0.25, -0.2) is 0 Å². The van der Waals surface area contributed by atoms with Crippen molar-refractivity contribution in [3.05, 3.63) is 0 Å². The van der Waals surface area contributed by atoms with Crippen molar-refractivity contribution in [1.29, 1.82) is 0 Å². The summed E-state index contributed by atoms with van der Waals surface area (Å²) in [6, 6.07) is 0. The molecule has 0 bridgehead atoms. The van der Waals surface area contributed by atoms with Crippen LogP contribution in [0.3, 0.4) is 0 Å². The number of rotatable bonds is 6. The van der Waals surface area contributed by atoms with Crippen LogP contribution in [0.5, 0.6) is 0 Å². The van der Waals surface area contributed by atoms with Crippen molar-refractivity contribution in [3.63, 3.8) is 0 Å². The highest BCUT2D eigenvalue weighted by atomic mass is 16.5. The fourth-order valence-electron chi connectivity index (χ4n) is 2.45. The van der Waals surface area contributed by atoms with Crippen molar-refractivity contribution in [1.82, 2.24) is 5.32 Å². The average molecular weight is 229 g/mol. The molecule has 0 amide bonds. The number of ether oxygens (including phenoxy) is 1. The Morgan fingerprint density at radius 1 is 1.38 bits per heavy atom. The fourth-order valence-corrected chi connectivity index (χ4v) is 2.45. The average Bonchev–Trinajstić information content (AvgIpc) is 2.16. The molecule has 1 saturated heterocycles. The van der Waals surface area contributed by atoms with Crippen molar-refractivity contribution in [2.45, 2.75) is 45.6 Å². The minimum Gasteiger partial charge on any atom is -0.389 e. The summed E-state index contributed by atoms with van der Waals surface area (Å²) >= 11 is 0. The summed E-state index contributed by atoms with van der Waals surface area (Å²) in [4.78, 5) is 0. The molecule has 1 atom stereocenters. The highest BCUT2D eigenvalue weighted by Crippen LogP contribution is 2.16. The summed E-state index contributed by atoms with van der Waals surface area (Å²) in [5.74, 6) is 1.27. The van der Waals surface area contributed by atoms with Crippen molar-refractivity contribution < 1.29 is 9.84 Å². The van der Waals surface area contributed by atoms with Crippen LogP contribution < -0.4 is 5.32 Å². The lowest BCUT2D eigenvalue weighted by Gasteiger charge is -2.28. The van der Waals surface area contributed by atoms with Gasteiger partial charge in [0, 0.05) is 19.8 Å². The standard InChI is InChI=1S/C13H27NO2/c1-11(2)8-13(3,15)10-14-9-12-4-6-16-7-5-12/h11-12,14-15H,4-10H2,1-3H3. The molecule has 0 aromatic heterocycles. The lowest BCUT2D eigenvalue weighted by atomic mass is 9.93. The number of aliphatic hydroxyl groups is 1. The Morgan fingerprint density at radius 3 is 2.56 bits per heavy atom. The van der Waals surface area contributed by atoms with Crippen LogP contribution in [0.4, 0.5) is 0 Å². The molecule has 3 nitrogen and oxygen atoms in total. The third-order valence-electron chi connectivity index (χ3n) is 3.13. The number of nitrogens with one attached hydrogen (secondary N) is 1. The Hall–Kier alpha value is -0.120. The number of hydrogen-bond donors (Lipinski definition) is 2. The van der Waals surface area contributed by atoms with Gasteiger partial charge in [0.15, 0.2) is 0 Å². The van der Waals surface area contributed by atoms with Gasteiger partial charge >= 0.3 is 0 Å². The molecule has 0 radical (unpaired) electrons. The molecule has 96 valence electrons. The molecule has 3 heteroatoms. The molecule has 1 heterocycles. The molecule has 1 aliphatic rings. The Labute approximate surface area is 99.6 Å². The van der Waals surface area contributed by atoms with Gasteiger partial charge < -0.3 is 15.2 Å². The molecule has 0 aromatic rings. The summed E-state index contributed by atoms with van der Waals surface area (Å²) in [6.07, 6.45) is 3.16. The Balaban J connectivity index is 2.13. The summed E-state index contributed by atoms with van der Waals surface area (Å²) in [7, 11) is 0. The molecule has 1 fully saturated rings. The molecule has 2 N–H and O–H groups in total. The van der Waals surface area contributed by atoms with E-state index in [0.29, 0.717) is 12.5 Å². The second-order valence-corrected chi connectivity index (χ2v) is 5.78. The van der Waals surface area contributed by atoms with Gasteiger partial charge in [0.2, 0.25) is 0 Å². The van der Waals surface area contributed by atoms with Gasteiger partial charge in [-0.2, -0.15) is 0 Å². The van der Waals surface area contributed by atoms with Gasteiger partial charge in [-0.3, -0.25) is 0 Å². The first-order chi connectivity index (χ1) is 7.49. The Morgan fingerprint density at radius 2 is 2.00 bits per heavy atom. The van der Waals surface area contributed by atoms with Crippen LogP contribution in [-0.2, 0) is 4.74 Å². The van der Waals surface area contributed by atoms with E-state index in [4.69, 9.17) is 4.74 Å². The molecule has 0 spiro atoms. The zero-order valence-electron chi connectivity index (χ0n) is 11.0. The van der Waals surface area contributed by atoms with E-state index in [1.807, 2.05) is 6.92 Å². The lowest BCUT2D eigenvalue weighted by Crippen LogP contribution is -2.41. The van der Waals surface area contributed by atoms with E-state index in [2.05, 4.69) is 19.2 Å². The van der Waals surface area contributed by atoms with Crippen molar-refractivity contribution >= 4 is 0 Å². The molecular weight excluding hydrogens is 202 g/mol. The highest BCUT2D eigenvalue weighted by molar-refractivity contribution is 4.78. The van der Waals surface area contributed by atoms with Gasteiger partial charge in [-0.15, -0.1) is 0 Å². The third kappa shape index (κ3) is 5.83. The molecule has 16 heavy (non-hydrogen) atoms. The predicted octanol–water partition coefficient (Wildman–Crippen LogP) is 1.80. The number of hydrogen-bond acceptors (Lipinski definition) is 3. The van der Waals surface area contributed by atoms with Gasteiger partial charge in [-0.05, 0) is 44.6 Å². The predicted molar refractivity (Wildman–Crippen MR) is 66.5 cm³/mol. The second-order valence-electron chi connectivity index (χ2n) is 5.78. The molecule has 0 aromatic carbocycles. The van der Waals surface area contributed by atoms with Crippen LogP contribution in [0, 0.1) is 11.8 Å². The van der Waals surface area contributed by atoms with E-state index >= 15 is 0 Å². The van der Waals surface area contributed by atoms with E-state index in [9.17, 15) is 5.11 Å². The smallest absolute Gasteiger partial charge is 0.0746 e. The van der Waals surface area contributed by atoms with Gasteiger partial charge in [0.05, 0.1) is 5.60 Å². The first-order valence-electron chi connectivity index (χ1n) is 6.50. The molecule has 0 saturated carbocycles. The summed E-state index contributed by atoms with van der Waals surface area (Å²) in [6.45, 7) is 9.72. The summed E-state index contributed by atoms with van der Waals surface area (Å²) < 4.78 is 5.32. The minimum atomic E-state index is -0.570. The van der Waals surface area contributed by atoms with Crippen LogP contribution in [-0.4, -0.2) is 37.0 Å². The van der Waals surface area contributed by atoms with Gasteiger partial charge in [0.1, 0.15) is 0 Å². The van der Waals surface area contributed by atoms with E-state index in [1.165, 1.54) is 0 Å². The monoisotopic (exact) mass is 229 g/mol.